The van der Waals surface area contributed by atoms with E-state index in [0.29, 0.717) is 11.1 Å². The number of hydrogen-bond acceptors (Lipinski definition) is 4. The Bertz CT molecular complexity index is 558. The monoisotopic (exact) mass is 205 g/mol. The molecule has 2 aromatic rings. The molecule has 0 atom stereocenters. The van der Waals surface area contributed by atoms with Gasteiger partial charge in [-0.2, -0.15) is 5.10 Å². The van der Waals surface area contributed by atoms with Crippen LogP contribution in [-0.4, -0.2) is 22.3 Å². The first-order chi connectivity index (χ1) is 8.44. The van der Waals surface area contributed by atoms with Gasteiger partial charge in [-0.15, -0.1) is 5.10 Å². The maximum atomic E-state index is 9.37. The Balaban J connectivity index is 2.33. The molecule has 0 bridgehead atoms. The first-order valence-corrected chi connectivity index (χ1v) is 4.25. The van der Waals surface area contributed by atoms with Crippen LogP contribution in [0, 0.1) is 0 Å². The van der Waals surface area contributed by atoms with Crippen molar-refractivity contribution in [2.75, 3.05) is 7.04 Å². The van der Waals surface area contributed by atoms with Crippen molar-refractivity contribution in [2.24, 2.45) is 0 Å². The average molecular weight is 205 g/mol. The van der Waals surface area contributed by atoms with Gasteiger partial charge in [-0.25, -0.2) is 0 Å². The first-order valence-electron chi connectivity index (χ1n) is 5.75. The number of nitrogens with zero attached hydrogens (tertiary/aromatic N) is 2. The van der Waals surface area contributed by atoms with E-state index in [4.69, 9.17) is 4.11 Å². The Hall–Kier alpha value is -2.10. The van der Waals surface area contributed by atoms with Crippen molar-refractivity contribution >= 4 is 0 Å². The van der Waals surface area contributed by atoms with E-state index in [9.17, 15) is 5.11 Å². The highest BCUT2D eigenvalue weighted by Gasteiger charge is 2.01. The van der Waals surface area contributed by atoms with E-state index in [0.717, 1.165) is 0 Å². The molecule has 1 N–H and O–H groups in total. The van der Waals surface area contributed by atoms with E-state index in [1.807, 2.05) is 0 Å². The molecule has 0 aliphatic heterocycles. The number of benzene rings is 1. The second kappa shape index (κ2) is 3.96. The minimum Gasteiger partial charge on any atom is -0.508 e. The predicted molar refractivity (Wildman–Crippen MR) is 55.7 cm³/mol. The zero-order chi connectivity index (χ0) is 13.2. The van der Waals surface area contributed by atoms with Crippen molar-refractivity contribution in [3.8, 4) is 22.8 Å². The fourth-order valence-electron chi connectivity index (χ4n) is 1.24. The van der Waals surface area contributed by atoms with Crippen LogP contribution in [0.3, 0.4) is 0 Å². The van der Waals surface area contributed by atoms with Crippen LogP contribution < -0.4 is 4.74 Å². The van der Waals surface area contributed by atoms with Gasteiger partial charge in [0.15, 0.2) is 0 Å². The molecule has 0 fully saturated rings. The third-order valence-electron chi connectivity index (χ3n) is 1.92. The molecule has 4 nitrogen and oxygen atoms in total. The Morgan fingerprint density at radius 3 is 3.07 bits per heavy atom. The quantitative estimate of drug-likeness (QED) is 0.813. The van der Waals surface area contributed by atoms with Crippen molar-refractivity contribution in [3.63, 3.8) is 0 Å². The minimum absolute atomic E-state index is 0.0872. The summed E-state index contributed by atoms with van der Waals surface area (Å²) >= 11 is 0. The Labute approximate surface area is 91.4 Å². The van der Waals surface area contributed by atoms with E-state index >= 15 is 0 Å². The summed E-state index contributed by atoms with van der Waals surface area (Å²) in [6, 6.07) is 7.97. The molecule has 1 aromatic carbocycles. The van der Waals surface area contributed by atoms with Crippen LogP contribution in [0.25, 0.3) is 11.1 Å². The maximum Gasteiger partial charge on any atom is 0.233 e. The summed E-state index contributed by atoms with van der Waals surface area (Å²) in [4.78, 5) is 0. The summed E-state index contributed by atoms with van der Waals surface area (Å²) in [5.74, 6) is 0.0263. The summed E-state index contributed by atoms with van der Waals surface area (Å²) in [6.45, 7) is 0. The molecular weight excluding hydrogens is 192 g/mol. The second-order valence-corrected chi connectivity index (χ2v) is 2.93. The molecule has 0 aliphatic carbocycles. The number of phenols is 1. The van der Waals surface area contributed by atoms with Gasteiger partial charge in [-0.3, -0.25) is 0 Å². The van der Waals surface area contributed by atoms with Gasteiger partial charge in [0.2, 0.25) is 5.88 Å². The van der Waals surface area contributed by atoms with Gasteiger partial charge in [0, 0.05) is 11.6 Å². The first kappa shape index (κ1) is 6.40. The molecule has 4 heteroatoms. The summed E-state index contributed by atoms with van der Waals surface area (Å²) in [5, 5.41) is 16.6. The standard InChI is InChI=1S/C11H10N2O2/c1-15-11-6-9(7-12-13-11)8-3-2-4-10(14)5-8/h2-7,14H,1H3/i1D3. The van der Waals surface area contributed by atoms with Crippen LogP contribution in [0.2, 0.25) is 0 Å². The molecular formula is C11H10N2O2. The van der Waals surface area contributed by atoms with Crippen LogP contribution in [0.5, 0.6) is 11.6 Å². The van der Waals surface area contributed by atoms with Gasteiger partial charge < -0.3 is 9.84 Å². The van der Waals surface area contributed by atoms with Crippen LogP contribution in [0.4, 0.5) is 0 Å². The molecule has 0 amide bonds. The van der Waals surface area contributed by atoms with Crippen molar-refractivity contribution in [1.82, 2.24) is 10.2 Å². The highest BCUT2D eigenvalue weighted by Crippen LogP contribution is 2.23. The van der Waals surface area contributed by atoms with Gasteiger partial charge in [-0.1, -0.05) is 12.1 Å². The SMILES string of the molecule is [2H]C([2H])([2H])Oc1cc(-c2cccc(O)c2)cnn1. The van der Waals surface area contributed by atoms with Gasteiger partial charge in [-0.05, 0) is 17.7 Å². The number of methoxy groups -OCH3 is 1. The van der Waals surface area contributed by atoms with Crippen molar-refractivity contribution < 1.29 is 14.0 Å². The van der Waals surface area contributed by atoms with Crippen molar-refractivity contribution in [1.29, 1.82) is 0 Å². The fraction of sp³-hybridized carbons (Fsp3) is 0.0909. The van der Waals surface area contributed by atoms with Crippen LogP contribution in [0.15, 0.2) is 36.5 Å². The second-order valence-electron chi connectivity index (χ2n) is 2.93. The summed E-state index contributed by atoms with van der Waals surface area (Å²) < 4.78 is 25.6. The van der Waals surface area contributed by atoms with E-state index in [2.05, 4.69) is 14.9 Å². The zero-order valence-corrected chi connectivity index (χ0v) is 7.71. The lowest BCUT2D eigenvalue weighted by atomic mass is 10.1. The molecule has 2 rings (SSSR count). The molecule has 76 valence electrons. The zero-order valence-electron chi connectivity index (χ0n) is 10.7. The molecule has 0 saturated carbocycles. The Kier molecular flexibility index (Phi) is 1.69. The number of rotatable bonds is 2. The maximum absolute atomic E-state index is 9.37. The summed E-state index contributed by atoms with van der Waals surface area (Å²) in [5.41, 5.74) is 1.31. The molecule has 15 heavy (non-hydrogen) atoms. The number of aromatic nitrogens is 2. The van der Waals surface area contributed by atoms with E-state index in [1.54, 1.807) is 12.1 Å². The lowest BCUT2D eigenvalue weighted by molar-refractivity contribution is 0.392. The molecule has 0 aliphatic rings. The van der Waals surface area contributed by atoms with E-state index < -0.39 is 7.04 Å². The summed E-state index contributed by atoms with van der Waals surface area (Å²) in [6.07, 6.45) is 1.46. The number of phenolic OH excluding ortho intramolecular Hbond substituents is 1. The average Bonchev–Trinajstić information content (AvgIpc) is 2.27. The lowest BCUT2D eigenvalue weighted by Crippen LogP contribution is -1.90. The van der Waals surface area contributed by atoms with Gasteiger partial charge in [0.1, 0.15) is 5.75 Å². The summed E-state index contributed by atoms with van der Waals surface area (Å²) in [7, 11) is -2.56. The third kappa shape index (κ3) is 2.04. The molecule has 0 spiro atoms. The molecule has 1 aromatic heterocycles. The molecule has 0 saturated heterocycles. The topological polar surface area (TPSA) is 55.2 Å². The predicted octanol–water partition coefficient (Wildman–Crippen LogP) is 1.86. The van der Waals surface area contributed by atoms with Gasteiger partial charge in [0.05, 0.1) is 17.3 Å². The fourth-order valence-corrected chi connectivity index (χ4v) is 1.24. The highest BCUT2D eigenvalue weighted by atomic mass is 16.5. The minimum atomic E-state index is -2.56. The number of aromatic hydroxyl groups is 1. The van der Waals surface area contributed by atoms with Crippen molar-refractivity contribution in [3.05, 3.63) is 36.5 Å². The number of ether oxygens (including phenoxy) is 1. The normalized spacial score (nSPS) is 13.7. The molecule has 0 unspecified atom stereocenters. The number of hydrogen-bond donors (Lipinski definition) is 1. The van der Waals surface area contributed by atoms with Crippen LogP contribution >= 0.6 is 0 Å². The smallest absolute Gasteiger partial charge is 0.233 e. The Morgan fingerprint density at radius 2 is 2.27 bits per heavy atom. The van der Waals surface area contributed by atoms with Gasteiger partial charge in [0.25, 0.3) is 0 Å². The molecule has 1 heterocycles. The van der Waals surface area contributed by atoms with Crippen LogP contribution in [-0.2, 0) is 0 Å². The molecule has 0 radical (unpaired) electrons. The third-order valence-corrected chi connectivity index (χ3v) is 1.92. The highest BCUT2D eigenvalue weighted by molar-refractivity contribution is 5.64. The van der Waals surface area contributed by atoms with Crippen molar-refractivity contribution in [2.45, 2.75) is 0 Å². The van der Waals surface area contributed by atoms with Gasteiger partial charge >= 0.3 is 0 Å². The van der Waals surface area contributed by atoms with E-state index in [1.165, 1.54) is 24.4 Å². The largest absolute Gasteiger partial charge is 0.508 e. The van der Waals surface area contributed by atoms with Crippen LogP contribution in [0.1, 0.15) is 4.11 Å². The Morgan fingerprint density at radius 1 is 1.33 bits per heavy atom. The van der Waals surface area contributed by atoms with E-state index in [-0.39, 0.29) is 11.6 Å². The lowest BCUT2D eigenvalue weighted by Gasteiger charge is -2.03.